The van der Waals surface area contributed by atoms with Gasteiger partial charge in [0.2, 0.25) is 0 Å². The number of imidazole rings is 1. The van der Waals surface area contributed by atoms with Crippen LogP contribution in [0, 0.1) is 5.92 Å². The molecule has 1 aromatic carbocycles. The first-order valence-electron chi connectivity index (χ1n) is 7.24. The molecule has 0 unspecified atom stereocenters. The van der Waals surface area contributed by atoms with Crippen molar-refractivity contribution in [3.8, 4) is 0 Å². The zero-order valence-corrected chi connectivity index (χ0v) is 13.1. The Kier molecular flexibility index (Phi) is 4.92. The van der Waals surface area contributed by atoms with Gasteiger partial charge in [0.05, 0.1) is 11.0 Å². The SMILES string of the molecule is CCc1ccc2c(c1)nc(CCS)n2CCC(C)C. The maximum atomic E-state index is 4.80. The van der Waals surface area contributed by atoms with Gasteiger partial charge in [0.15, 0.2) is 0 Å². The van der Waals surface area contributed by atoms with E-state index < -0.39 is 0 Å². The second kappa shape index (κ2) is 6.47. The zero-order chi connectivity index (χ0) is 13.8. The van der Waals surface area contributed by atoms with Gasteiger partial charge in [-0.1, -0.05) is 26.8 Å². The van der Waals surface area contributed by atoms with Crippen molar-refractivity contribution in [2.75, 3.05) is 5.75 Å². The summed E-state index contributed by atoms with van der Waals surface area (Å²) in [6.45, 7) is 7.79. The van der Waals surface area contributed by atoms with Crippen LogP contribution in [0.15, 0.2) is 18.2 Å². The van der Waals surface area contributed by atoms with E-state index in [0.29, 0.717) is 0 Å². The molecule has 0 bridgehead atoms. The zero-order valence-electron chi connectivity index (χ0n) is 12.2. The third-order valence-corrected chi connectivity index (χ3v) is 3.79. The summed E-state index contributed by atoms with van der Waals surface area (Å²) in [6.07, 6.45) is 3.20. The molecule has 1 heterocycles. The van der Waals surface area contributed by atoms with Gasteiger partial charge in [-0.3, -0.25) is 0 Å². The minimum absolute atomic E-state index is 0.719. The summed E-state index contributed by atoms with van der Waals surface area (Å²) in [5, 5.41) is 0. The van der Waals surface area contributed by atoms with E-state index in [0.717, 1.165) is 36.6 Å². The fourth-order valence-corrected chi connectivity index (χ4v) is 2.57. The highest BCUT2D eigenvalue weighted by molar-refractivity contribution is 7.80. The van der Waals surface area contributed by atoms with Crippen LogP contribution in [0.4, 0.5) is 0 Å². The summed E-state index contributed by atoms with van der Waals surface area (Å²) in [7, 11) is 0. The second-order valence-corrected chi connectivity index (χ2v) is 5.96. The van der Waals surface area contributed by atoms with E-state index >= 15 is 0 Å². The van der Waals surface area contributed by atoms with Crippen molar-refractivity contribution < 1.29 is 0 Å². The standard InChI is InChI=1S/C16H24N2S/c1-4-13-5-6-15-14(11-13)17-16(8-10-19)18(15)9-7-12(2)3/h5-6,11-12,19H,4,7-10H2,1-3H3. The summed E-state index contributed by atoms with van der Waals surface area (Å²) in [4.78, 5) is 4.80. The molecule has 0 saturated heterocycles. The van der Waals surface area contributed by atoms with Crippen LogP contribution >= 0.6 is 12.6 Å². The number of rotatable bonds is 6. The molecule has 2 nitrogen and oxygen atoms in total. The number of fused-ring (bicyclic) bond motifs is 1. The molecule has 3 heteroatoms. The highest BCUT2D eigenvalue weighted by Gasteiger charge is 2.10. The second-order valence-electron chi connectivity index (χ2n) is 5.51. The normalized spacial score (nSPS) is 11.6. The van der Waals surface area contributed by atoms with E-state index in [1.54, 1.807) is 0 Å². The number of hydrogen-bond acceptors (Lipinski definition) is 2. The van der Waals surface area contributed by atoms with Crippen molar-refractivity contribution in [3.05, 3.63) is 29.6 Å². The van der Waals surface area contributed by atoms with Crippen LogP contribution in [0.2, 0.25) is 0 Å². The number of aryl methyl sites for hydroxylation is 3. The van der Waals surface area contributed by atoms with Crippen molar-refractivity contribution in [1.82, 2.24) is 9.55 Å². The van der Waals surface area contributed by atoms with E-state index in [-0.39, 0.29) is 0 Å². The lowest BCUT2D eigenvalue weighted by Gasteiger charge is -2.10. The van der Waals surface area contributed by atoms with Crippen molar-refractivity contribution in [3.63, 3.8) is 0 Å². The van der Waals surface area contributed by atoms with Gasteiger partial charge in [-0.2, -0.15) is 12.6 Å². The highest BCUT2D eigenvalue weighted by atomic mass is 32.1. The van der Waals surface area contributed by atoms with Crippen LogP contribution in [0.5, 0.6) is 0 Å². The summed E-state index contributed by atoms with van der Waals surface area (Å²) >= 11 is 4.36. The van der Waals surface area contributed by atoms with Gasteiger partial charge >= 0.3 is 0 Å². The Morgan fingerprint density at radius 2 is 2.11 bits per heavy atom. The maximum absolute atomic E-state index is 4.80. The fraction of sp³-hybridized carbons (Fsp3) is 0.562. The topological polar surface area (TPSA) is 17.8 Å². The highest BCUT2D eigenvalue weighted by Crippen LogP contribution is 2.20. The van der Waals surface area contributed by atoms with Gasteiger partial charge in [-0.25, -0.2) is 4.98 Å². The monoisotopic (exact) mass is 276 g/mol. The lowest BCUT2D eigenvalue weighted by Crippen LogP contribution is -2.06. The summed E-state index contributed by atoms with van der Waals surface area (Å²) in [5.41, 5.74) is 3.77. The molecule has 0 N–H and O–H groups in total. The number of thiol groups is 1. The minimum Gasteiger partial charge on any atom is -0.328 e. The largest absolute Gasteiger partial charge is 0.328 e. The molecule has 0 amide bonds. The Balaban J connectivity index is 2.41. The van der Waals surface area contributed by atoms with Crippen LogP contribution in [0.3, 0.4) is 0 Å². The van der Waals surface area contributed by atoms with Crippen LogP contribution < -0.4 is 0 Å². The van der Waals surface area contributed by atoms with Gasteiger partial charge in [-0.15, -0.1) is 0 Å². The van der Waals surface area contributed by atoms with E-state index in [2.05, 4.69) is 56.2 Å². The van der Waals surface area contributed by atoms with Gasteiger partial charge in [0.1, 0.15) is 5.82 Å². The Labute approximate surface area is 121 Å². The Morgan fingerprint density at radius 1 is 1.32 bits per heavy atom. The number of aromatic nitrogens is 2. The maximum Gasteiger partial charge on any atom is 0.110 e. The van der Waals surface area contributed by atoms with E-state index in [9.17, 15) is 0 Å². The molecule has 0 saturated carbocycles. The van der Waals surface area contributed by atoms with Crippen LogP contribution in [0.25, 0.3) is 11.0 Å². The lowest BCUT2D eigenvalue weighted by atomic mass is 10.1. The fourth-order valence-electron chi connectivity index (χ4n) is 2.37. The average molecular weight is 276 g/mol. The predicted octanol–water partition coefficient (Wildman–Crippen LogP) is 4.12. The average Bonchev–Trinajstić information content (AvgIpc) is 2.73. The molecular weight excluding hydrogens is 252 g/mol. The molecule has 0 spiro atoms. The molecule has 1 aromatic heterocycles. The molecule has 0 aliphatic carbocycles. The molecule has 0 atom stereocenters. The molecule has 2 rings (SSSR count). The molecule has 0 aliphatic heterocycles. The molecule has 0 radical (unpaired) electrons. The van der Waals surface area contributed by atoms with E-state index in [4.69, 9.17) is 4.98 Å². The van der Waals surface area contributed by atoms with Crippen molar-refractivity contribution in [2.45, 2.75) is 46.6 Å². The molecule has 19 heavy (non-hydrogen) atoms. The molecule has 2 aromatic rings. The first-order chi connectivity index (χ1) is 9.15. The quantitative estimate of drug-likeness (QED) is 0.786. The van der Waals surface area contributed by atoms with Gasteiger partial charge in [0.25, 0.3) is 0 Å². The van der Waals surface area contributed by atoms with Gasteiger partial charge in [-0.05, 0) is 42.2 Å². The Morgan fingerprint density at radius 3 is 2.74 bits per heavy atom. The third-order valence-electron chi connectivity index (χ3n) is 3.57. The lowest BCUT2D eigenvalue weighted by molar-refractivity contribution is 0.513. The number of benzene rings is 1. The van der Waals surface area contributed by atoms with Crippen molar-refractivity contribution in [1.29, 1.82) is 0 Å². The predicted molar refractivity (Wildman–Crippen MR) is 86.1 cm³/mol. The Hall–Kier alpha value is -0.960. The first kappa shape index (κ1) is 14.4. The van der Waals surface area contributed by atoms with Crippen LogP contribution in [-0.2, 0) is 19.4 Å². The van der Waals surface area contributed by atoms with Crippen molar-refractivity contribution in [2.24, 2.45) is 5.92 Å². The van der Waals surface area contributed by atoms with Gasteiger partial charge < -0.3 is 4.57 Å². The van der Waals surface area contributed by atoms with Crippen LogP contribution in [-0.4, -0.2) is 15.3 Å². The van der Waals surface area contributed by atoms with E-state index in [1.165, 1.54) is 23.3 Å². The van der Waals surface area contributed by atoms with Crippen molar-refractivity contribution >= 4 is 23.7 Å². The summed E-state index contributed by atoms with van der Waals surface area (Å²) in [6, 6.07) is 6.67. The Bertz CT molecular complexity index is 543. The summed E-state index contributed by atoms with van der Waals surface area (Å²) < 4.78 is 2.38. The van der Waals surface area contributed by atoms with Gasteiger partial charge in [0, 0.05) is 13.0 Å². The summed E-state index contributed by atoms with van der Waals surface area (Å²) in [5.74, 6) is 2.75. The van der Waals surface area contributed by atoms with E-state index in [1.807, 2.05) is 0 Å². The minimum atomic E-state index is 0.719. The molecule has 0 aliphatic rings. The third kappa shape index (κ3) is 3.33. The smallest absolute Gasteiger partial charge is 0.110 e. The number of nitrogens with zero attached hydrogens (tertiary/aromatic N) is 2. The molecule has 104 valence electrons. The number of hydrogen-bond donors (Lipinski definition) is 1. The molecule has 0 fully saturated rings. The first-order valence-corrected chi connectivity index (χ1v) is 7.87. The molecular formula is C16H24N2S. The van der Waals surface area contributed by atoms with Crippen LogP contribution in [0.1, 0.15) is 38.6 Å².